The van der Waals surface area contributed by atoms with E-state index in [2.05, 4.69) is 15.5 Å². The summed E-state index contributed by atoms with van der Waals surface area (Å²) < 4.78 is 38.1. The molecule has 0 radical (unpaired) electrons. The van der Waals surface area contributed by atoms with E-state index in [4.69, 9.17) is 0 Å². The van der Waals surface area contributed by atoms with Crippen molar-refractivity contribution in [2.45, 2.75) is 31.1 Å². The van der Waals surface area contributed by atoms with Crippen LogP contribution in [0.4, 0.5) is 13.2 Å². The summed E-state index contributed by atoms with van der Waals surface area (Å²) in [6, 6.07) is -0.217. The number of likely N-dealkylation sites (tertiary alicyclic amines) is 1. The van der Waals surface area contributed by atoms with E-state index in [1.54, 1.807) is 0 Å². The number of rotatable bonds is 2. The molecule has 1 N–H and O–H groups in total. The van der Waals surface area contributed by atoms with Crippen LogP contribution in [0.15, 0.2) is 18.5 Å². The summed E-state index contributed by atoms with van der Waals surface area (Å²) in [5.74, 6) is -0.344. The van der Waals surface area contributed by atoms with E-state index in [0.29, 0.717) is 12.0 Å². The summed E-state index contributed by atoms with van der Waals surface area (Å²) in [4.78, 5) is 13.1. The molecule has 20 heavy (non-hydrogen) atoms. The van der Waals surface area contributed by atoms with Gasteiger partial charge < -0.3 is 5.32 Å². The topological polar surface area (TPSA) is 58.1 Å². The Morgan fingerprint density at radius 1 is 1.40 bits per heavy atom. The van der Waals surface area contributed by atoms with Crippen LogP contribution in [0, 0.1) is 0 Å². The van der Waals surface area contributed by atoms with Gasteiger partial charge in [0.2, 0.25) is 0 Å². The Bertz CT molecular complexity index is 466. The number of hydrogen-bond donors (Lipinski definition) is 1. The van der Waals surface area contributed by atoms with Crippen LogP contribution < -0.4 is 5.32 Å². The van der Waals surface area contributed by atoms with Gasteiger partial charge in [0.25, 0.3) is 5.91 Å². The Morgan fingerprint density at radius 2 is 2.15 bits per heavy atom. The quantitative estimate of drug-likeness (QED) is 0.889. The molecule has 0 saturated carbocycles. The summed E-state index contributed by atoms with van der Waals surface area (Å²) in [7, 11) is 1.42. The van der Waals surface area contributed by atoms with Crippen LogP contribution in [0.3, 0.4) is 0 Å². The molecule has 0 unspecified atom stereocenters. The van der Waals surface area contributed by atoms with Crippen molar-refractivity contribution in [2.24, 2.45) is 0 Å². The molecule has 1 aliphatic heterocycles. The molecule has 2 atom stereocenters. The highest BCUT2D eigenvalue weighted by atomic mass is 19.4. The first-order chi connectivity index (χ1) is 9.38. The van der Waals surface area contributed by atoms with Crippen molar-refractivity contribution in [3.8, 4) is 0 Å². The standard InChI is InChI=1S/C12H15F3N4O/c1-19-7-9(2-3-10(19)12(13,14)15)18-11(20)8-4-5-16-17-6-8/h4-6,9-10H,2-3,7H2,1H3,(H,18,20)/t9-,10+/m0/s1. The van der Waals surface area contributed by atoms with Gasteiger partial charge in [-0.2, -0.15) is 23.4 Å². The van der Waals surface area contributed by atoms with Crippen LogP contribution >= 0.6 is 0 Å². The highest BCUT2D eigenvalue weighted by Crippen LogP contribution is 2.30. The van der Waals surface area contributed by atoms with E-state index in [-0.39, 0.29) is 24.9 Å². The zero-order valence-electron chi connectivity index (χ0n) is 10.9. The highest BCUT2D eigenvalue weighted by Gasteiger charge is 2.44. The zero-order valence-corrected chi connectivity index (χ0v) is 10.9. The Hall–Kier alpha value is -1.70. The first kappa shape index (κ1) is 14.7. The Kier molecular flexibility index (Phi) is 4.22. The van der Waals surface area contributed by atoms with Gasteiger partial charge in [-0.3, -0.25) is 9.69 Å². The third-order valence-corrected chi connectivity index (χ3v) is 3.39. The lowest BCUT2D eigenvalue weighted by Crippen LogP contribution is -2.54. The smallest absolute Gasteiger partial charge is 0.348 e. The van der Waals surface area contributed by atoms with Crippen molar-refractivity contribution in [1.29, 1.82) is 0 Å². The van der Waals surface area contributed by atoms with Crippen LogP contribution in [-0.4, -0.2) is 52.9 Å². The van der Waals surface area contributed by atoms with Crippen LogP contribution in [-0.2, 0) is 0 Å². The van der Waals surface area contributed by atoms with Crippen molar-refractivity contribution < 1.29 is 18.0 Å². The van der Waals surface area contributed by atoms with E-state index >= 15 is 0 Å². The summed E-state index contributed by atoms with van der Waals surface area (Å²) in [5.41, 5.74) is 0.348. The second-order valence-corrected chi connectivity index (χ2v) is 4.88. The van der Waals surface area contributed by atoms with E-state index in [1.165, 1.54) is 30.4 Å². The van der Waals surface area contributed by atoms with Gasteiger partial charge in [-0.25, -0.2) is 0 Å². The number of alkyl halides is 3. The highest BCUT2D eigenvalue weighted by molar-refractivity contribution is 5.93. The molecule has 8 heteroatoms. The SMILES string of the molecule is CN1C[C@@H](NC(=O)c2ccnnc2)CC[C@@H]1C(F)(F)F. The van der Waals surface area contributed by atoms with Crippen LogP contribution in [0.1, 0.15) is 23.2 Å². The minimum absolute atomic E-state index is 0.0143. The number of aromatic nitrogens is 2. The van der Waals surface area contributed by atoms with E-state index in [1.807, 2.05) is 0 Å². The Balaban J connectivity index is 1.92. The maximum absolute atomic E-state index is 12.7. The van der Waals surface area contributed by atoms with Crippen LogP contribution in [0.5, 0.6) is 0 Å². The minimum Gasteiger partial charge on any atom is -0.348 e. The largest absolute Gasteiger partial charge is 0.404 e. The molecule has 0 spiro atoms. The molecule has 2 rings (SSSR count). The molecule has 1 amide bonds. The number of carbonyl (C=O) groups is 1. The third-order valence-electron chi connectivity index (χ3n) is 3.39. The average molecular weight is 288 g/mol. The number of nitrogens with one attached hydrogen (secondary N) is 1. The predicted octanol–water partition coefficient (Wildman–Crippen LogP) is 1.23. The second kappa shape index (κ2) is 5.74. The minimum atomic E-state index is -4.22. The van der Waals surface area contributed by atoms with Crippen molar-refractivity contribution in [3.05, 3.63) is 24.0 Å². The molecule has 1 saturated heterocycles. The fourth-order valence-corrected chi connectivity index (χ4v) is 2.37. The number of halogens is 3. The molecule has 1 aliphatic rings. The van der Waals surface area contributed by atoms with Gasteiger partial charge >= 0.3 is 6.18 Å². The number of nitrogens with zero attached hydrogens (tertiary/aromatic N) is 3. The van der Waals surface area contributed by atoms with Crippen LogP contribution in [0.2, 0.25) is 0 Å². The van der Waals surface area contributed by atoms with Gasteiger partial charge in [-0.15, -0.1) is 0 Å². The fraction of sp³-hybridized carbons (Fsp3) is 0.583. The fourth-order valence-electron chi connectivity index (χ4n) is 2.37. The maximum Gasteiger partial charge on any atom is 0.404 e. The molecule has 5 nitrogen and oxygen atoms in total. The lowest BCUT2D eigenvalue weighted by atomic mass is 9.98. The Labute approximate surface area is 114 Å². The van der Waals surface area contributed by atoms with Gasteiger partial charge in [-0.05, 0) is 26.0 Å². The monoisotopic (exact) mass is 288 g/mol. The van der Waals surface area contributed by atoms with Gasteiger partial charge in [0.05, 0.1) is 18.0 Å². The van der Waals surface area contributed by atoms with E-state index < -0.39 is 12.2 Å². The number of likely N-dealkylation sites (N-methyl/N-ethyl adjacent to an activating group) is 1. The first-order valence-electron chi connectivity index (χ1n) is 6.22. The number of carbonyl (C=O) groups excluding carboxylic acids is 1. The normalized spacial score (nSPS) is 24.4. The molecule has 1 fully saturated rings. The number of piperidine rings is 1. The summed E-state index contributed by atoms with van der Waals surface area (Å²) in [6.45, 7) is 0.175. The van der Waals surface area contributed by atoms with Crippen LogP contribution in [0.25, 0.3) is 0 Å². The summed E-state index contributed by atoms with van der Waals surface area (Å²) in [6.07, 6.45) is -1.22. The Morgan fingerprint density at radius 3 is 2.70 bits per heavy atom. The van der Waals surface area contributed by atoms with Gasteiger partial charge in [0.15, 0.2) is 0 Å². The number of amides is 1. The summed E-state index contributed by atoms with van der Waals surface area (Å²) in [5, 5.41) is 9.87. The molecular formula is C12H15F3N4O. The van der Waals surface area contributed by atoms with E-state index in [9.17, 15) is 18.0 Å². The molecule has 0 aliphatic carbocycles. The van der Waals surface area contributed by atoms with Crippen molar-refractivity contribution in [1.82, 2.24) is 20.4 Å². The molecule has 2 heterocycles. The summed E-state index contributed by atoms with van der Waals surface area (Å²) >= 11 is 0. The number of hydrogen-bond acceptors (Lipinski definition) is 4. The first-order valence-corrected chi connectivity index (χ1v) is 6.22. The molecule has 0 aromatic carbocycles. The van der Waals surface area contributed by atoms with Crippen molar-refractivity contribution >= 4 is 5.91 Å². The van der Waals surface area contributed by atoms with Gasteiger partial charge in [-0.1, -0.05) is 0 Å². The van der Waals surface area contributed by atoms with Crippen molar-refractivity contribution in [3.63, 3.8) is 0 Å². The molecular weight excluding hydrogens is 273 g/mol. The molecule has 1 aromatic heterocycles. The van der Waals surface area contributed by atoms with Gasteiger partial charge in [0, 0.05) is 12.6 Å². The second-order valence-electron chi connectivity index (χ2n) is 4.88. The van der Waals surface area contributed by atoms with E-state index in [0.717, 1.165) is 0 Å². The zero-order chi connectivity index (χ0) is 14.8. The molecule has 1 aromatic rings. The molecule has 110 valence electrons. The predicted molar refractivity (Wildman–Crippen MR) is 65.0 cm³/mol. The van der Waals surface area contributed by atoms with Gasteiger partial charge in [0.1, 0.15) is 6.04 Å². The lowest BCUT2D eigenvalue weighted by Gasteiger charge is -2.38. The lowest BCUT2D eigenvalue weighted by molar-refractivity contribution is -0.188. The van der Waals surface area contributed by atoms with Crippen molar-refractivity contribution in [2.75, 3.05) is 13.6 Å². The average Bonchev–Trinajstić information content (AvgIpc) is 2.38. The molecule has 0 bridgehead atoms. The third kappa shape index (κ3) is 3.44. The maximum atomic E-state index is 12.7.